The summed E-state index contributed by atoms with van der Waals surface area (Å²) in [5.74, 6) is -0.578. The molecule has 1 aromatic carbocycles. The molecule has 0 aliphatic carbocycles. The normalized spacial score (nSPS) is 19.9. The van der Waals surface area contributed by atoms with Crippen molar-refractivity contribution < 1.29 is 22.7 Å². The maximum atomic E-state index is 13.3. The number of methoxy groups -OCH3 is 1. The van der Waals surface area contributed by atoms with Crippen molar-refractivity contribution in [1.29, 1.82) is 0 Å². The first kappa shape index (κ1) is 19.2. The fraction of sp³-hybridized carbons (Fsp3) is 0.444. The smallest absolute Gasteiger partial charge is 0.416 e. The molecule has 1 aromatic heterocycles. The van der Waals surface area contributed by atoms with E-state index in [9.17, 15) is 18.0 Å². The fourth-order valence-electron chi connectivity index (χ4n) is 3.35. The van der Waals surface area contributed by atoms with Gasteiger partial charge in [-0.05, 0) is 23.3 Å². The van der Waals surface area contributed by atoms with Crippen molar-refractivity contribution in [2.75, 3.05) is 20.2 Å². The molecule has 1 saturated heterocycles. The molecule has 6 nitrogen and oxygen atoms in total. The van der Waals surface area contributed by atoms with E-state index in [0.29, 0.717) is 13.1 Å². The number of nitrogens with zero attached hydrogens (tertiary/aromatic N) is 2. The van der Waals surface area contributed by atoms with E-state index in [1.54, 1.807) is 17.9 Å². The molecule has 0 saturated carbocycles. The molecule has 27 heavy (non-hydrogen) atoms. The Morgan fingerprint density at radius 3 is 2.81 bits per heavy atom. The summed E-state index contributed by atoms with van der Waals surface area (Å²) in [4.78, 5) is 12.6. The number of ether oxygens (including phenoxy) is 1. The molecule has 0 radical (unpaired) electrons. The number of hydrogen-bond acceptors (Lipinski definition) is 4. The third-order valence-electron chi connectivity index (χ3n) is 4.78. The van der Waals surface area contributed by atoms with Crippen LogP contribution in [0.4, 0.5) is 13.2 Å². The summed E-state index contributed by atoms with van der Waals surface area (Å²) in [6.45, 7) is 0.897. The number of carbonyl (C=O) groups is 1. The van der Waals surface area contributed by atoms with Gasteiger partial charge < -0.3 is 15.4 Å². The third kappa shape index (κ3) is 4.24. The molecule has 1 aliphatic rings. The maximum absolute atomic E-state index is 13.3. The number of benzene rings is 1. The molecule has 2 heterocycles. The first-order chi connectivity index (χ1) is 12.8. The summed E-state index contributed by atoms with van der Waals surface area (Å²) in [5.41, 5.74) is 0.124. The predicted molar refractivity (Wildman–Crippen MR) is 92.2 cm³/mol. The van der Waals surface area contributed by atoms with Crippen LogP contribution in [0.1, 0.15) is 22.6 Å². The lowest BCUT2D eigenvalue weighted by atomic mass is 9.90. The number of amides is 1. The van der Waals surface area contributed by atoms with Gasteiger partial charge in [0.15, 0.2) is 0 Å². The molecular weight excluding hydrogens is 361 g/mol. The highest BCUT2D eigenvalue weighted by Gasteiger charge is 2.36. The summed E-state index contributed by atoms with van der Waals surface area (Å²) < 4.78 is 46.4. The van der Waals surface area contributed by atoms with E-state index < -0.39 is 11.7 Å². The Bertz CT molecular complexity index is 819. The van der Waals surface area contributed by atoms with Gasteiger partial charge >= 0.3 is 6.18 Å². The van der Waals surface area contributed by atoms with Crippen molar-refractivity contribution in [2.24, 2.45) is 13.0 Å². The van der Waals surface area contributed by atoms with E-state index >= 15 is 0 Å². The average molecular weight is 382 g/mol. The van der Waals surface area contributed by atoms with E-state index in [2.05, 4.69) is 15.7 Å². The van der Waals surface area contributed by atoms with Crippen LogP contribution in [0.2, 0.25) is 0 Å². The van der Waals surface area contributed by atoms with E-state index in [-0.39, 0.29) is 35.6 Å². The Hall–Kier alpha value is -2.55. The molecule has 1 aliphatic heterocycles. The molecule has 0 unspecified atom stereocenters. The Labute approximate surface area is 154 Å². The monoisotopic (exact) mass is 382 g/mol. The number of carbonyl (C=O) groups excluding carboxylic acids is 1. The summed E-state index contributed by atoms with van der Waals surface area (Å²) >= 11 is 0. The van der Waals surface area contributed by atoms with Gasteiger partial charge in [-0.2, -0.15) is 18.3 Å². The molecular formula is C18H21F3N4O2. The van der Waals surface area contributed by atoms with E-state index in [1.165, 1.54) is 19.2 Å². The average Bonchev–Trinajstić information content (AvgIpc) is 3.27. The van der Waals surface area contributed by atoms with Crippen molar-refractivity contribution in [3.8, 4) is 5.75 Å². The predicted octanol–water partition coefficient (Wildman–Crippen LogP) is 2.07. The van der Waals surface area contributed by atoms with Crippen molar-refractivity contribution in [1.82, 2.24) is 20.4 Å². The fourth-order valence-corrected chi connectivity index (χ4v) is 3.35. The van der Waals surface area contributed by atoms with Gasteiger partial charge in [0.05, 0.1) is 24.8 Å². The molecule has 2 aromatic rings. The lowest BCUT2D eigenvalue weighted by molar-refractivity contribution is -0.138. The second-order valence-electron chi connectivity index (χ2n) is 6.56. The summed E-state index contributed by atoms with van der Waals surface area (Å²) in [5, 5.41) is 9.94. The zero-order valence-corrected chi connectivity index (χ0v) is 15.0. The van der Waals surface area contributed by atoms with Gasteiger partial charge in [0.1, 0.15) is 5.75 Å². The molecule has 1 fully saturated rings. The van der Waals surface area contributed by atoms with E-state index in [0.717, 1.165) is 11.6 Å². The summed E-state index contributed by atoms with van der Waals surface area (Å²) in [7, 11) is 3.10. The second-order valence-corrected chi connectivity index (χ2v) is 6.56. The lowest BCUT2D eigenvalue weighted by Crippen LogP contribution is -2.34. The quantitative estimate of drug-likeness (QED) is 0.831. The zero-order valence-electron chi connectivity index (χ0n) is 15.0. The standard InChI is InChI=1S/C18H21F3N4O2/c1-25-10-12(7-24-25)14-8-22-9-15(14)17(26)23-6-11-3-4-13(27-2)5-16(11)18(19,20)21/h3-5,7,10,14-15,22H,6,8-9H2,1-2H3,(H,23,26)/t14-,15+/m1/s1. The van der Waals surface area contributed by atoms with Gasteiger partial charge in [-0.25, -0.2) is 0 Å². The summed E-state index contributed by atoms with van der Waals surface area (Å²) in [6.07, 6.45) is -0.964. The van der Waals surface area contributed by atoms with Crippen LogP contribution in [0.3, 0.4) is 0 Å². The van der Waals surface area contributed by atoms with Crippen LogP contribution >= 0.6 is 0 Å². The maximum Gasteiger partial charge on any atom is 0.416 e. The van der Waals surface area contributed by atoms with Gasteiger partial charge in [-0.1, -0.05) is 6.07 Å². The molecule has 2 atom stereocenters. The van der Waals surface area contributed by atoms with Crippen LogP contribution in [-0.2, 0) is 24.6 Å². The minimum absolute atomic E-state index is 0.000494. The number of nitrogens with one attached hydrogen (secondary N) is 2. The molecule has 0 spiro atoms. The molecule has 146 valence electrons. The van der Waals surface area contributed by atoms with Gasteiger partial charge in [0, 0.05) is 38.8 Å². The minimum atomic E-state index is -4.53. The molecule has 3 rings (SSSR count). The van der Waals surface area contributed by atoms with Crippen LogP contribution in [0.15, 0.2) is 30.6 Å². The van der Waals surface area contributed by atoms with Crippen molar-refractivity contribution in [3.63, 3.8) is 0 Å². The van der Waals surface area contributed by atoms with Crippen LogP contribution in [-0.4, -0.2) is 35.9 Å². The Kier molecular flexibility index (Phi) is 5.41. The topological polar surface area (TPSA) is 68.2 Å². The third-order valence-corrected chi connectivity index (χ3v) is 4.78. The van der Waals surface area contributed by atoms with Crippen molar-refractivity contribution in [2.45, 2.75) is 18.6 Å². The van der Waals surface area contributed by atoms with Gasteiger partial charge in [-0.15, -0.1) is 0 Å². The number of rotatable bonds is 5. The Morgan fingerprint density at radius 1 is 1.41 bits per heavy atom. The number of aromatic nitrogens is 2. The zero-order chi connectivity index (χ0) is 19.6. The minimum Gasteiger partial charge on any atom is -0.497 e. The highest BCUT2D eigenvalue weighted by atomic mass is 19.4. The lowest BCUT2D eigenvalue weighted by Gasteiger charge is -2.19. The first-order valence-corrected chi connectivity index (χ1v) is 8.50. The number of hydrogen-bond donors (Lipinski definition) is 2. The Morgan fingerprint density at radius 2 is 2.19 bits per heavy atom. The second kappa shape index (κ2) is 7.59. The van der Waals surface area contributed by atoms with Crippen LogP contribution < -0.4 is 15.4 Å². The number of aryl methyl sites for hydroxylation is 1. The van der Waals surface area contributed by atoms with Crippen LogP contribution in [0.5, 0.6) is 5.75 Å². The number of alkyl halides is 3. The Balaban J connectivity index is 1.72. The highest BCUT2D eigenvalue weighted by molar-refractivity contribution is 5.80. The van der Waals surface area contributed by atoms with Gasteiger partial charge in [0.2, 0.25) is 5.91 Å². The van der Waals surface area contributed by atoms with Crippen LogP contribution in [0, 0.1) is 5.92 Å². The SMILES string of the molecule is COc1ccc(CNC(=O)[C@H]2CNC[C@@H]2c2cnn(C)c2)c(C(F)(F)F)c1. The number of halogens is 3. The first-order valence-electron chi connectivity index (χ1n) is 8.50. The van der Waals surface area contributed by atoms with Gasteiger partial charge in [-0.3, -0.25) is 9.48 Å². The van der Waals surface area contributed by atoms with Crippen LogP contribution in [0.25, 0.3) is 0 Å². The molecule has 9 heteroatoms. The van der Waals surface area contributed by atoms with Crippen molar-refractivity contribution >= 4 is 5.91 Å². The molecule has 0 bridgehead atoms. The molecule has 2 N–H and O–H groups in total. The largest absolute Gasteiger partial charge is 0.497 e. The van der Waals surface area contributed by atoms with E-state index in [1.807, 2.05) is 6.20 Å². The highest BCUT2D eigenvalue weighted by Crippen LogP contribution is 2.34. The van der Waals surface area contributed by atoms with E-state index in [4.69, 9.17) is 4.74 Å². The summed E-state index contributed by atoms with van der Waals surface area (Å²) in [6, 6.07) is 3.72. The van der Waals surface area contributed by atoms with Gasteiger partial charge in [0.25, 0.3) is 0 Å². The van der Waals surface area contributed by atoms with Crippen molar-refractivity contribution in [3.05, 3.63) is 47.3 Å². The molecule has 1 amide bonds.